The van der Waals surface area contributed by atoms with Crippen LogP contribution in [0.25, 0.3) is 0 Å². The lowest BCUT2D eigenvalue weighted by Gasteiger charge is -2.02. The van der Waals surface area contributed by atoms with Crippen molar-refractivity contribution in [1.29, 1.82) is 0 Å². The van der Waals surface area contributed by atoms with Gasteiger partial charge in [-0.25, -0.2) is 9.18 Å². The van der Waals surface area contributed by atoms with Crippen molar-refractivity contribution in [3.8, 4) is 0 Å². The number of carboxylic acids is 1. The zero-order chi connectivity index (χ0) is 13.1. The second kappa shape index (κ2) is 5.68. The van der Waals surface area contributed by atoms with Crippen LogP contribution in [0, 0.1) is 5.82 Å². The molecule has 18 heavy (non-hydrogen) atoms. The fraction of sp³-hybridized carbons (Fsp3) is 0.100. The Morgan fingerprint density at radius 2 is 2.11 bits per heavy atom. The SMILES string of the molecule is CSc1nnc(Sc2ccc(F)cc2C(=O)O)s1. The number of aromatic nitrogens is 2. The topological polar surface area (TPSA) is 63.1 Å². The molecule has 0 bridgehead atoms. The first kappa shape index (κ1) is 13.3. The average molecular weight is 302 g/mol. The largest absolute Gasteiger partial charge is 0.478 e. The maximum Gasteiger partial charge on any atom is 0.336 e. The highest BCUT2D eigenvalue weighted by Gasteiger charge is 2.14. The fourth-order valence-corrected chi connectivity index (χ4v) is 3.67. The normalized spacial score (nSPS) is 10.6. The van der Waals surface area contributed by atoms with Crippen LogP contribution in [-0.2, 0) is 0 Å². The molecule has 1 N–H and O–H groups in total. The number of carboxylic acid groups (broad SMARTS) is 1. The van der Waals surface area contributed by atoms with Crippen molar-refractivity contribution in [2.75, 3.05) is 6.26 Å². The molecule has 0 spiro atoms. The first-order valence-electron chi connectivity index (χ1n) is 4.68. The molecule has 0 saturated heterocycles. The third-order valence-electron chi connectivity index (χ3n) is 1.93. The third kappa shape index (κ3) is 3.01. The van der Waals surface area contributed by atoms with E-state index in [1.807, 2.05) is 6.26 Å². The second-order valence-electron chi connectivity index (χ2n) is 3.09. The van der Waals surface area contributed by atoms with E-state index in [0.717, 1.165) is 10.4 Å². The van der Waals surface area contributed by atoms with Crippen molar-refractivity contribution in [3.05, 3.63) is 29.6 Å². The van der Waals surface area contributed by atoms with Crippen LogP contribution in [0.4, 0.5) is 4.39 Å². The van der Waals surface area contributed by atoms with E-state index in [0.29, 0.717) is 9.24 Å². The molecule has 1 aromatic heterocycles. The van der Waals surface area contributed by atoms with Crippen LogP contribution < -0.4 is 0 Å². The molecule has 0 atom stereocenters. The number of hydrogen-bond acceptors (Lipinski definition) is 6. The molecule has 2 aromatic rings. The van der Waals surface area contributed by atoms with Gasteiger partial charge < -0.3 is 5.11 Å². The van der Waals surface area contributed by atoms with Crippen molar-refractivity contribution in [1.82, 2.24) is 10.2 Å². The van der Waals surface area contributed by atoms with Gasteiger partial charge in [-0.05, 0) is 24.5 Å². The minimum absolute atomic E-state index is 0.0686. The van der Waals surface area contributed by atoms with Crippen molar-refractivity contribution in [2.45, 2.75) is 13.6 Å². The number of halogens is 1. The van der Waals surface area contributed by atoms with Gasteiger partial charge in [-0.1, -0.05) is 34.9 Å². The molecule has 0 amide bonds. The van der Waals surface area contributed by atoms with Gasteiger partial charge in [0.25, 0.3) is 0 Å². The van der Waals surface area contributed by atoms with Gasteiger partial charge in [0.1, 0.15) is 5.82 Å². The smallest absolute Gasteiger partial charge is 0.336 e. The fourth-order valence-electron chi connectivity index (χ4n) is 1.17. The predicted octanol–water partition coefficient (Wildman–Crippen LogP) is 3.25. The van der Waals surface area contributed by atoms with Gasteiger partial charge in [-0.15, -0.1) is 10.2 Å². The van der Waals surface area contributed by atoms with Gasteiger partial charge in [0.2, 0.25) is 0 Å². The zero-order valence-corrected chi connectivity index (χ0v) is 11.5. The maximum absolute atomic E-state index is 13.0. The van der Waals surface area contributed by atoms with Crippen LogP contribution in [0.5, 0.6) is 0 Å². The molecule has 2 rings (SSSR count). The summed E-state index contributed by atoms with van der Waals surface area (Å²) in [7, 11) is 0. The number of thioether (sulfide) groups is 1. The van der Waals surface area contributed by atoms with Crippen LogP contribution in [0.1, 0.15) is 10.4 Å². The van der Waals surface area contributed by atoms with Gasteiger partial charge in [0.05, 0.1) is 5.56 Å². The van der Waals surface area contributed by atoms with Crippen LogP contribution in [-0.4, -0.2) is 27.5 Å². The Labute approximate surface area is 115 Å². The van der Waals surface area contributed by atoms with Gasteiger partial charge in [-0.2, -0.15) is 0 Å². The minimum atomic E-state index is -1.16. The summed E-state index contributed by atoms with van der Waals surface area (Å²) in [4.78, 5) is 11.5. The monoisotopic (exact) mass is 302 g/mol. The summed E-state index contributed by atoms with van der Waals surface area (Å²) in [5.74, 6) is -1.73. The molecule has 0 saturated carbocycles. The summed E-state index contributed by atoms with van der Waals surface area (Å²) in [5.41, 5.74) is -0.0686. The maximum atomic E-state index is 13.0. The Bertz CT molecular complexity index is 588. The number of rotatable bonds is 4. The highest BCUT2D eigenvalue weighted by molar-refractivity contribution is 8.03. The van der Waals surface area contributed by atoms with E-state index in [2.05, 4.69) is 10.2 Å². The average Bonchev–Trinajstić information content (AvgIpc) is 2.79. The van der Waals surface area contributed by atoms with Crippen LogP contribution in [0.2, 0.25) is 0 Å². The molecule has 1 heterocycles. The van der Waals surface area contributed by atoms with E-state index in [4.69, 9.17) is 5.11 Å². The highest BCUT2D eigenvalue weighted by atomic mass is 32.2. The summed E-state index contributed by atoms with van der Waals surface area (Å²) in [6, 6.07) is 3.66. The third-order valence-corrected chi connectivity index (χ3v) is 4.96. The molecule has 0 fully saturated rings. The summed E-state index contributed by atoms with van der Waals surface area (Å²) in [6.45, 7) is 0. The number of nitrogens with zero attached hydrogens (tertiary/aromatic N) is 2. The summed E-state index contributed by atoms with van der Waals surface area (Å²) in [5, 5.41) is 16.8. The molecule has 4 nitrogen and oxygen atoms in total. The van der Waals surface area contributed by atoms with Crippen LogP contribution >= 0.6 is 34.9 Å². The van der Waals surface area contributed by atoms with Gasteiger partial charge in [0, 0.05) is 4.90 Å². The lowest BCUT2D eigenvalue weighted by Crippen LogP contribution is -1.99. The minimum Gasteiger partial charge on any atom is -0.478 e. The summed E-state index contributed by atoms with van der Waals surface area (Å²) in [6.07, 6.45) is 1.88. The van der Waals surface area contributed by atoms with Gasteiger partial charge >= 0.3 is 5.97 Å². The predicted molar refractivity (Wildman–Crippen MR) is 69.2 cm³/mol. The highest BCUT2D eigenvalue weighted by Crippen LogP contribution is 2.34. The van der Waals surface area contributed by atoms with E-state index in [1.54, 1.807) is 0 Å². The van der Waals surface area contributed by atoms with E-state index >= 15 is 0 Å². The quantitative estimate of drug-likeness (QED) is 0.875. The van der Waals surface area contributed by atoms with Gasteiger partial charge in [0.15, 0.2) is 8.68 Å². The number of carbonyl (C=O) groups is 1. The lowest BCUT2D eigenvalue weighted by molar-refractivity contribution is 0.0692. The first-order chi connectivity index (χ1) is 8.60. The number of benzene rings is 1. The lowest BCUT2D eigenvalue weighted by atomic mass is 10.2. The molecule has 0 aliphatic carbocycles. The Morgan fingerprint density at radius 3 is 2.72 bits per heavy atom. The van der Waals surface area contributed by atoms with E-state index in [9.17, 15) is 9.18 Å². The molecule has 0 radical (unpaired) electrons. The van der Waals surface area contributed by atoms with E-state index in [1.165, 1.54) is 47.0 Å². The van der Waals surface area contributed by atoms with Crippen LogP contribution in [0.15, 0.2) is 31.8 Å². The van der Waals surface area contributed by atoms with Crippen molar-refractivity contribution in [2.24, 2.45) is 0 Å². The van der Waals surface area contributed by atoms with Crippen molar-refractivity contribution in [3.63, 3.8) is 0 Å². The Kier molecular flexibility index (Phi) is 4.20. The molecule has 0 aliphatic rings. The molecule has 1 aromatic carbocycles. The molecule has 0 aliphatic heterocycles. The van der Waals surface area contributed by atoms with E-state index < -0.39 is 11.8 Å². The molecule has 8 heteroatoms. The Morgan fingerprint density at radius 1 is 1.39 bits per heavy atom. The standard InChI is InChI=1S/C10H7FN2O2S3/c1-16-9-12-13-10(18-9)17-7-3-2-5(11)4-6(7)8(14)15/h2-4H,1H3,(H,14,15). The van der Waals surface area contributed by atoms with Gasteiger partial charge in [-0.3, -0.25) is 0 Å². The van der Waals surface area contributed by atoms with Crippen LogP contribution in [0.3, 0.4) is 0 Å². The first-order valence-corrected chi connectivity index (χ1v) is 7.54. The molecule has 0 unspecified atom stereocenters. The zero-order valence-electron chi connectivity index (χ0n) is 9.08. The summed E-state index contributed by atoms with van der Waals surface area (Å²) >= 11 is 4.01. The van der Waals surface area contributed by atoms with Crippen molar-refractivity contribution >= 4 is 40.8 Å². The molecular weight excluding hydrogens is 295 g/mol. The second-order valence-corrected chi connectivity index (χ2v) is 6.41. The summed E-state index contributed by atoms with van der Waals surface area (Å²) < 4.78 is 14.4. The Balaban J connectivity index is 2.30. The number of aromatic carboxylic acids is 1. The Hall–Kier alpha value is -1.12. The molecule has 94 valence electrons. The molecular formula is C10H7FN2O2S3. The number of hydrogen-bond donors (Lipinski definition) is 1. The van der Waals surface area contributed by atoms with E-state index in [-0.39, 0.29) is 5.56 Å². The van der Waals surface area contributed by atoms with Crippen molar-refractivity contribution < 1.29 is 14.3 Å².